The Balaban J connectivity index is 0.000000142. The van der Waals surface area contributed by atoms with Gasteiger partial charge in [0.25, 0.3) is 0 Å². The molecule has 0 N–H and O–H groups in total. The minimum atomic E-state index is -0.877. The van der Waals surface area contributed by atoms with Gasteiger partial charge in [0.15, 0.2) is 0 Å². The molecule has 0 aliphatic rings. The van der Waals surface area contributed by atoms with E-state index in [1.54, 1.807) is 0 Å². The van der Waals surface area contributed by atoms with Gasteiger partial charge in [-0.2, -0.15) is 20.9 Å². The molecular weight excluding hydrogens is 2340 g/mol. The van der Waals surface area contributed by atoms with Crippen LogP contribution >= 0.6 is 47.5 Å². The summed E-state index contributed by atoms with van der Waals surface area (Å²) >= 11 is 0. The summed E-state index contributed by atoms with van der Waals surface area (Å²) in [6.07, 6.45) is 6.00. The van der Waals surface area contributed by atoms with Gasteiger partial charge in [0, 0.05) is 24.8 Å². The molecule has 20 nitrogen and oxygen atoms in total. The fraction of sp³-hybridized carbons (Fsp3) is 0. The van der Waals surface area contributed by atoms with Gasteiger partial charge >= 0.3 is 89.5 Å². The first-order valence-corrected chi connectivity index (χ1v) is 56.2. The zero-order chi connectivity index (χ0) is 99.1. The molecule has 0 fully saturated rings. The van der Waals surface area contributed by atoms with Crippen molar-refractivity contribution in [2.75, 3.05) is 0 Å². The second-order valence-corrected chi connectivity index (χ2v) is 47.0. The SMILES string of the molecule is [Ag+].[Ag+].[Ag+].[Ag+].c1ccc([PH+](c2ccccc2)c2ccccc2)cc1.c1ccc([PH+](c2ccccc2)c2ccccc2)cc1.c1ccc([PH+](c2ccccc2)c2ccccc2)cc1.c1ccc([PH+](c2ccccc2)c2ccccc2)cc1.c1ccc([PH+](c2ccccc2)c2ccccc2)cc1.c1ccc([PH+](c2ccccc2)c2ccccc2)cc1.c1cnc(-c2nnn[n-]2)c(-c2nnn[n-]2)n1.c1cnc(-c2nnn[n-]2)c(-c2nnn[n-]2)n1. The van der Waals surface area contributed by atoms with Crippen LogP contribution in [-0.4, -0.2) is 82.0 Å². The van der Waals surface area contributed by atoms with Crippen LogP contribution in [0.3, 0.4) is 0 Å². The van der Waals surface area contributed by atoms with Crippen LogP contribution in [-0.2, 0) is 89.5 Å². The largest absolute Gasteiger partial charge is 1.00 e. The molecule has 0 unspecified atom stereocenters. The fourth-order valence-electron chi connectivity index (χ4n) is 16.2. The predicted octanol–water partition coefficient (Wildman–Crippen LogP) is 15.2. The van der Waals surface area contributed by atoms with Crippen LogP contribution in [0.2, 0.25) is 0 Å². The third-order valence-corrected chi connectivity index (χ3v) is 39.0. The Morgan fingerprint density at radius 1 is 0.120 bits per heavy atom. The molecular formula is C120H100Ag4N20P6+6. The van der Waals surface area contributed by atoms with Crippen molar-refractivity contribution in [3.8, 4) is 46.1 Å². The Kier molecular flexibility index (Phi) is 47.5. The Bertz CT molecular complexity index is 6010. The van der Waals surface area contributed by atoms with Crippen LogP contribution in [0.25, 0.3) is 46.1 Å². The van der Waals surface area contributed by atoms with Gasteiger partial charge in [0.2, 0.25) is 0 Å². The van der Waals surface area contributed by atoms with Crippen molar-refractivity contribution in [1.82, 2.24) is 102 Å². The van der Waals surface area contributed by atoms with Crippen molar-refractivity contribution in [3.63, 3.8) is 0 Å². The number of rotatable bonds is 22. The fourth-order valence-corrected chi connectivity index (χ4v) is 31.6. The van der Waals surface area contributed by atoms with Crippen LogP contribution in [0, 0.1) is 0 Å². The molecule has 6 aromatic heterocycles. The second-order valence-electron chi connectivity index (χ2n) is 32.2. The second kappa shape index (κ2) is 63.1. The molecule has 24 aromatic rings. The zero-order valence-electron chi connectivity index (χ0n) is 80.4. The van der Waals surface area contributed by atoms with E-state index >= 15 is 0 Å². The monoisotopic (exact) mass is 2430 g/mol. The van der Waals surface area contributed by atoms with Crippen LogP contribution in [0.4, 0.5) is 0 Å². The molecule has 18 aromatic carbocycles. The number of hydrogen-bond donors (Lipinski definition) is 0. The van der Waals surface area contributed by atoms with Crippen LogP contribution in [0.15, 0.2) is 571 Å². The number of benzene rings is 18. The standard InChI is InChI=1S/6C18H15P.2C6H2N10.4Ag/c6*1-4-10-16(11-5-1)19(17-12-6-2-7-13-17)18-14-8-3-9-15-18;2*1-2-8-4(6-11-15-16-12-6)3(7-1)5-9-13-14-10-5;;;;/h6*1-15H;2*1-2H;;;;/q;;;;;;2*-2;4*+1/p+6. The first-order chi connectivity index (χ1) is 72.6. The topological polar surface area (TPSA) is 263 Å². The summed E-state index contributed by atoms with van der Waals surface area (Å²) < 4.78 is 0. The van der Waals surface area contributed by atoms with E-state index in [-0.39, 0.29) is 113 Å². The minimum absolute atomic E-state index is 0. The van der Waals surface area contributed by atoms with E-state index < -0.39 is 47.5 Å². The van der Waals surface area contributed by atoms with Crippen LogP contribution < -0.4 is 116 Å². The van der Waals surface area contributed by atoms with Crippen molar-refractivity contribution in [2.45, 2.75) is 0 Å². The first kappa shape index (κ1) is 113. The van der Waals surface area contributed by atoms with Gasteiger partial charge in [-0.15, -0.1) is 0 Å². The Morgan fingerprint density at radius 2 is 0.207 bits per heavy atom. The average molecular weight is 2440 g/mol. The van der Waals surface area contributed by atoms with E-state index in [0.717, 1.165) is 0 Å². The summed E-state index contributed by atoms with van der Waals surface area (Å²) in [6.45, 7) is 0. The average Bonchev–Trinajstić information content (AvgIpc) is 1.33. The van der Waals surface area contributed by atoms with E-state index in [0.29, 0.717) is 22.8 Å². The molecule has 30 heteroatoms. The Hall–Kier alpha value is -14.1. The maximum Gasteiger partial charge on any atom is 1.00 e. The Morgan fingerprint density at radius 3 is 0.280 bits per heavy atom. The van der Waals surface area contributed by atoms with E-state index in [2.05, 4.69) is 648 Å². The van der Waals surface area contributed by atoms with Crippen molar-refractivity contribution in [3.05, 3.63) is 571 Å². The maximum absolute atomic E-state index is 4.07. The third-order valence-electron chi connectivity index (χ3n) is 22.6. The van der Waals surface area contributed by atoms with Gasteiger partial charge in [-0.1, -0.05) is 328 Å². The van der Waals surface area contributed by atoms with E-state index in [4.69, 9.17) is 0 Å². The van der Waals surface area contributed by atoms with Gasteiger partial charge in [0.1, 0.15) is 118 Å². The molecule has 6 heterocycles. The first-order valence-electron chi connectivity index (χ1n) is 47.2. The molecule has 0 bridgehead atoms. The molecule has 0 spiro atoms. The normalized spacial score (nSPS) is 10.3. The van der Waals surface area contributed by atoms with Crippen LogP contribution in [0.5, 0.6) is 0 Å². The van der Waals surface area contributed by atoms with Gasteiger partial charge in [-0.3, -0.25) is 61.2 Å². The van der Waals surface area contributed by atoms with E-state index in [1.807, 2.05) is 0 Å². The molecule has 0 aliphatic heterocycles. The molecule has 748 valence electrons. The smallest absolute Gasteiger partial charge is 0.329 e. The number of tetrazole rings is 4. The molecule has 0 atom stereocenters. The summed E-state index contributed by atoms with van der Waals surface area (Å²) in [4.78, 5) is 16.3. The third kappa shape index (κ3) is 33.0. The number of nitrogens with zero attached hydrogens (tertiary/aromatic N) is 20. The van der Waals surface area contributed by atoms with Gasteiger partial charge in [-0.25, -0.2) is 0 Å². The zero-order valence-corrected chi connectivity index (χ0v) is 92.4. The van der Waals surface area contributed by atoms with E-state index in [1.165, 1.54) is 120 Å². The van der Waals surface area contributed by atoms with Crippen molar-refractivity contribution in [1.29, 1.82) is 0 Å². The summed E-state index contributed by atoms with van der Waals surface area (Å²) in [5.74, 6) is 1.03. The van der Waals surface area contributed by atoms with Crippen molar-refractivity contribution in [2.24, 2.45) is 0 Å². The molecule has 150 heavy (non-hydrogen) atoms. The molecule has 0 aliphatic carbocycles. The predicted molar refractivity (Wildman–Crippen MR) is 612 cm³/mol. The van der Waals surface area contributed by atoms with E-state index in [9.17, 15) is 0 Å². The van der Waals surface area contributed by atoms with Crippen molar-refractivity contribution >= 4 is 143 Å². The molecule has 0 saturated carbocycles. The summed E-state index contributed by atoms with van der Waals surface area (Å²) in [5.41, 5.74) is 1.56. The minimum Gasteiger partial charge on any atom is -0.329 e. The molecule has 0 radical (unpaired) electrons. The van der Waals surface area contributed by atoms with Crippen molar-refractivity contribution < 1.29 is 89.5 Å². The maximum atomic E-state index is 4.07. The summed E-state index contributed by atoms with van der Waals surface area (Å²) in [7, 11) is -5.26. The van der Waals surface area contributed by atoms with Gasteiger partial charge < -0.3 is 20.4 Å². The molecule has 24 rings (SSSR count). The van der Waals surface area contributed by atoms with Gasteiger partial charge in [0.05, 0.1) is 70.8 Å². The number of aromatic nitrogens is 20. The summed E-state index contributed by atoms with van der Waals surface area (Å²) in [6, 6.07) is 195. The van der Waals surface area contributed by atoms with Gasteiger partial charge in [-0.05, 0) is 218 Å². The molecule has 0 amide bonds. The molecule has 0 saturated heterocycles. The quantitative estimate of drug-likeness (QED) is 0.0451. The van der Waals surface area contributed by atoms with Crippen LogP contribution in [0.1, 0.15) is 0 Å². The Labute approximate surface area is 942 Å². The summed E-state index contributed by atoms with van der Waals surface area (Å²) in [5, 5.41) is 82.3. The number of hydrogen-bond acceptors (Lipinski definition) is 16.